The summed E-state index contributed by atoms with van der Waals surface area (Å²) in [4.78, 5) is 22.6. The van der Waals surface area contributed by atoms with Gasteiger partial charge in [-0.05, 0) is 11.6 Å². The van der Waals surface area contributed by atoms with E-state index in [4.69, 9.17) is 11.6 Å². The summed E-state index contributed by atoms with van der Waals surface area (Å²) in [6, 6.07) is 17.3. The quantitative estimate of drug-likeness (QED) is 0.750. The number of nitrogens with one attached hydrogen (secondary N) is 1. The van der Waals surface area contributed by atoms with Crippen LogP contribution in [0.5, 0.6) is 0 Å². The fourth-order valence-electron chi connectivity index (χ4n) is 2.07. The Balaban J connectivity index is 2.04. The van der Waals surface area contributed by atoms with Gasteiger partial charge >= 0.3 is 0 Å². The van der Waals surface area contributed by atoms with E-state index in [9.17, 15) is 9.59 Å². The van der Waals surface area contributed by atoms with Crippen LogP contribution in [0, 0.1) is 0 Å². The van der Waals surface area contributed by atoms with Gasteiger partial charge in [0.05, 0.1) is 0 Å². The van der Waals surface area contributed by atoms with Crippen LogP contribution in [0.4, 0.5) is 11.4 Å². The highest BCUT2D eigenvalue weighted by Crippen LogP contribution is 2.30. The molecule has 0 bridgehead atoms. The molecule has 0 heterocycles. The van der Waals surface area contributed by atoms with Crippen LogP contribution in [0.3, 0.4) is 0 Å². The second-order valence-electron chi connectivity index (χ2n) is 4.38. The minimum Gasteiger partial charge on any atom is -0.350 e. The Kier molecular flexibility index (Phi) is 3.12. The number of benzene rings is 2. The average Bonchev–Trinajstić information content (AvgIpc) is 2.52. The van der Waals surface area contributed by atoms with Crippen LogP contribution in [-0.4, -0.2) is 0 Å². The second kappa shape index (κ2) is 4.94. The Morgan fingerprint density at radius 1 is 0.800 bits per heavy atom. The average molecular weight is 284 g/mol. The van der Waals surface area contributed by atoms with Crippen LogP contribution in [0.2, 0.25) is 5.02 Å². The van der Waals surface area contributed by atoms with E-state index in [0.717, 1.165) is 16.8 Å². The van der Waals surface area contributed by atoms with Gasteiger partial charge in [0.1, 0.15) is 10.7 Å². The fraction of sp³-hybridized carbons (Fsp3) is 0. The van der Waals surface area contributed by atoms with E-state index in [1.54, 1.807) is 0 Å². The Hall–Kier alpha value is -2.39. The van der Waals surface area contributed by atoms with Gasteiger partial charge in [0, 0.05) is 11.3 Å². The third-order valence-corrected chi connectivity index (χ3v) is 3.48. The Morgan fingerprint density at radius 2 is 1.45 bits per heavy atom. The summed E-state index contributed by atoms with van der Waals surface area (Å²) < 4.78 is 0. The SMILES string of the molecule is O=c1c(Cl)c(Nc2ccccc2-c2ccccc2)c1=O. The lowest BCUT2D eigenvalue weighted by atomic mass is 10.0. The molecule has 3 nitrogen and oxygen atoms in total. The molecule has 0 unspecified atom stereocenters. The summed E-state index contributed by atoms with van der Waals surface area (Å²) >= 11 is 5.76. The minimum absolute atomic E-state index is 0.0298. The molecule has 0 aromatic heterocycles. The first-order chi connectivity index (χ1) is 9.68. The molecule has 0 aliphatic carbocycles. The van der Waals surface area contributed by atoms with Gasteiger partial charge in [-0.2, -0.15) is 0 Å². The number of anilines is 2. The predicted octanol–water partition coefficient (Wildman–Crippen LogP) is 3.35. The summed E-state index contributed by atoms with van der Waals surface area (Å²) in [5.41, 5.74) is 1.67. The topological polar surface area (TPSA) is 46.2 Å². The molecule has 0 saturated heterocycles. The van der Waals surface area contributed by atoms with Crippen molar-refractivity contribution in [1.82, 2.24) is 0 Å². The predicted molar refractivity (Wildman–Crippen MR) is 81.5 cm³/mol. The van der Waals surface area contributed by atoms with Crippen molar-refractivity contribution in [2.45, 2.75) is 0 Å². The zero-order valence-electron chi connectivity index (χ0n) is 10.4. The van der Waals surface area contributed by atoms with Crippen molar-refractivity contribution in [1.29, 1.82) is 0 Å². The van der Waals surface area contributed by atoms with Crippen LogP contribution in [0.25, 0.3) is 11.1 Å². The molecule has 0 fully saturated rings. The lowest BCUT2D eigenvalue weighted by Crippen LogP contribution is -2.33. The van der Waals surface area contributed by atoms with E-state index in [-0.39, 0.29) is 10.7 Å². The first kappa shape index (κ1) is 12.6. The zero-order chi connectivity index (χ0) is 14.1. The first-order valence-electron chi connectivity index (χ1n) is 6.09. The molecule has 4 heteroatoms. The monoisotopic (exact) mass is 283 g/mol. The molecule has 98 valence electrons. The van der Waals surface area contributed by atoms with Gasteiger partial charge in [0.2, 0.25) is 5.43 Å². The molecule has 3 rings (SSSR count). The largest absolute Gasteiger partial charge is 0.350 e. The standard InChI is InChI=1S/C16H10ClNO2/c17-13-14(16(20)15(13)19)18-12-9-5-4-8-11(12)10-6-2-1-3-7-10/h1-9,18H. The van der Waals surface area contributed by atoms with E-state index in [0.29, 0.717) is 0 Å². The van der Waals surface area contributed by atoms with Gasteiger partial charge in [-0.15, -0.1) is 0 Å². The summed E-state index contributed by atoms with van der Waals surface area (Å²) in [5, 5.41) is 2.92. The van der Waals surface area contributed by atoms with Crippen molar-refractivity contribution in [3.8, 4) is 11.1 Å². The molecule has 0 aliphatic heterocycles. The lowest BCUT2D eigenvalue weighted by molar-refractivity contribution is 1.38. The van der Waals surface area contributed by atoms with Crippen LogP contribution < -0.4 is 16.2 Å². The third-order valence-electron chi connectivity index (χ3n) is 3.12. The summed E-state index contributed by atoms with van der Waals surface area (Å²) in [5.74, 6) is 0. The molecular formula is C16H10ClNO2. The second-order valence-corrected chi connectivity index (χ2v) is 4.76. The van der Waals surface area contributed by atoms with E-state index in [2.05, 4.69) is 5.32 Å². The smallest absolute Gasteiger partial charge is 0.252 e. The number of hydrogen-bond donors (Lipinski definition) is 1. The zero-order valence-corrected chi connectivity index (χ0v) is 11.1. The highest BCUT2D eigenvalue weighted by molar-refractivity contribution is 6.34. The number of hydrogen-bond acceptors (Lipinski definition) is 3. The number of rotatable bonds is 3. The van der Waals surface area contributed by atoms with E-state index in [1.807, 2.05) is 54.6 Å². The molecule has 0 amide bonds. The molecule has 0 radical (unpaired) electrons. The molecular weight excluding hydrogens is 274 g/mol. The van der Waals surface area contributed by atoms with Gasteiger partial charge < -0.3 is 5.32 Å². The molecule has 0 saturated carbocycles. The number of para-hydroxylation sites is 1. The van der Waals surface area contributed by atoms with E-state index >= 15 is 0 Å². The van der Waals surface area contributed by atoms with E-state index in [1.165, 1.54) is 0 Å². The Labute approximate surface area is 120 Å². The summed E-state index contributed by atoms with van der Waals surface area (Å²) in [6.45, 7) is 0. The molecule has 0 spiro atoms. The first-order valence-corrected chi connectivity index (χ1v) is 6.46. The van der Waals surface area contributed by atoms with Crippen LogP contribution in [0.1, 0.15) is 0 Å². The van der Waals surface area contributed by atoms with Crippen molar-refractivity contribution < 1.29 is 0 Å². The Bertz CT molecular complexity index is 833. The van der Waals surface area contributed by atoms with Crippen LogP contribution in [-0.2, 0) is 0 Å². The van der Waals surface area contributed by atoms with Crippen LogP contribution >= 0.6 is 11.6 Å². The van der Waals surface area contributed by atoms with Gasteiger partial charge in [0.15, 0.2) is 0 Å². The third kappa shape index (κ3) is 2.02. The molecule has 3 aromatic carbocycles. The molecule has 0 atom stereocenters. The Morgan fingerprint density at radius 3 is 2.15 bits per heavy atom. The highest BCUT2D eigenvalue weighted by Gasteiger charge is 2.19. The molecule has 1 N–H and O–H groups in total. The summed E-state index contributed by atoms with van der Waals surface area (Å²) in [7, 11) is 0. The van der Waals surface area contributed by atoms with Crippen molar-refractivity contribution in [3.63, 3.8) is 0 Å². The van der Waals surface area contributed by atoms with E-state index < -0.39 is 10.9 Å². The van der Waals surface area contributed by atoms with Crippen molar-refractivity contribution in [2.24, 2.45) is 0 Å². The maximum atomic E-state index is 11.5. The summed E-state index contributed by atoms with van der Waals surface area (Å²) in [6.07, 6.45) is 0. The van der Waals surface area contributed by atoms with Gasteiger partial charge in [-0.1, -0.05) is 60.1 Å². The van der Waals surface area contributed by atoms with Crippen LogP contribution in [0.15, 0.2) is 64.2 Å². The minimum atomic E-state index is -0.633. The van der Waals surface area contributed by atoms with Gasteiger partial charge in [0.25, 0.3) is 5.43 Å². The van der Waals surface area contributed by atoms with Gasteiger partial charge in [-0.25, -0.2) is 0 Å². The molecule has 0 aliphatic rings. The highest BCUT2D eigenvalue weighted by atomic mass is 35.5. The van der Waals surface area contributed by atoms with Crippen molar-refractivity contribution in [2.75, 3.05) is 5.32 Å². The van der Waals surface area contributed by atoms with Gasteiger partial charge in [-0.3, -0.25) is 9.59 Å². The van der Waals surface area contributed by atoms with Crippen molar-refractivity contribution >= 4 is 23.0 Å². The molecule has 3 aromatic rings. The lowest BCUT2D eigenvalue weighted by Gasteiger charge is -2.13. The maximum absolute atomic E-state index is 11.5. The fourth-order valence-corrected chi connectivity index (χ4v) is 2.29. The normalized spacial score (nSPS) is 10.7. The number of halogens is 1. The van der Waals surface area contributed by atoms with Crippen molar-refractivity contribution in [3.05, 3.63) is 80.1 Å². The maximum Gasteiger partial charge on any atom is 0.252 e. The molecule has 20 heavy (non-hydrogen) atoms.